The number of amides is 2. The molecule has 3 rings (SSSR count). The molecule has 3 atom stereocenters. The summed E-state index contributed by atoms with van der Waals surface area (Å²) in [5.74, 6) is 0.0715. The fraction of sp³-hybridized carbons (Fsp3) is 0.591. The Balaban J connectivity index is 1.63. The Bertz CT molecular complexity index is 678. The number of hydrogen-bond acceptors (Lipinski definition) is 3. The van der Waals surface area contributed by atoms with Gasteiger partial charge in [-0.1, -0.05) is 44.5 Å². The van der Waals surface area contributed by atoms with Gasteiger partial charge in [-0.2, -0.15) is 0 Å². The van der Waals surface area contributed by atoms with Crippen molar-refractivity contribution in [3.8, 4) is 0 Å². The number of rotatable bonds is 7. The molecule has 3 unspecified atom stereocenters. The van der Waals surface area contributed by atoms with Crippen molar-refractivity contribution in [2.45, 2.75) is 64.5 Å². The van der Waals surface area contributed by atoms with Crippen LogP contribution in [0.15, 0.2) is 24.3 Å². The van der Waals surface area contributed by atoms with Crippen molar-refractivity contribution in [2.24, 2.45) is 11.8 Å². The van der Waals surface area contributed by atoms with Gasteiger partial charge in [0.25, 0.3) is 0 Å². The van der Waals surface area contributed by atoms with Crippen LogP contribution in [0.4, 0.5) is 0 Å². The summed E-state index contributed by atoms with van der Waals surface area (Å²) < 4.78 is 0. The second-order valence-electron chi connectivity index (χ2n) is 7.96. The van der Waals surface area contributed by atoms with Crippen LogP contribution in [0.25, 0.3) is 0 Å². The number of aldehydes is 1. The van der Waals surface area contributed by atoms with Gasteiger partial charge in [0.05, 0.1) is 6.04 Å². The molecule has 1 heterocycles. The highest BCUT2D eigenvalue weighted by Crippen LogP contribution is 2.33. The predicted molar refractivity (Wildman–Crippen MR) is 104 cm³/mol. The zero-order chi connectivity index (χ0) is 19.4. The molecule has 0 bridgehead atoms. The first-order valence-corrected chi connectivity index (χ1v) is 10.2. The quantitative estimate of drug-likeness (QED) is 0.750. The Morgan fingerprint density at radius 2 is 1.93 bits per heavy atom. The maximum atomic E-state index is 13.2. The maximum Gasteiger partial charge on any atom is 0.243 e. The number of hydrogen-bond donors (Lipinski definition) is 1. The van der Waals surface area contributed by atoms with Crippen molar-refractivity contribution in [2.75, 3.05) is 6.54 Å². The molecule has 5 heteroatoms. The first-order chi connectivity index (χ1) is 13.0. The van der Waals surface area contributed by atoms with Crippen LogP contribution in [0.1, 0.15) is 50.7 Å². The Morgan fingerprint density at radius 3 is 2.52 bits per heavy atom. The van der Waals surface area contributed by atoms with E-state index >= 15 is 0 Å². The van der Waals surface area contributed by atoms with Gasteiger partial charge in [0.2, 0.25) is 11.8 Å². The Labute approximate surface area is 161 Å². The molecule has 0 radical (unpaired) electrons. The number of nitrogens with one attached hydrogen (secondary N) is 1. The van der Waals surface area contributed by atoms with Gasteiger partial charge in [-0.15, -0.1) is 0 Å². The lowest BCUT2D eigenvalue weighted by atomic mass is 9.90. The van der Waals surface area contributed by atoms with E-state index in [9.17, 15) is 14.4 Å². The highest BCUT2D eigenvalue weighted by atomic mass is 16.2. The molecule has 1 saturated heterocycles. The van der Waals surface area contributed by atoms with Gasteiger partial charge in [0, 0.05) is 12.5 Å². The van der Waals surface area contributed by atoms with Crippen molar-refractivity contribution < 1.29 is 14.4 Å². The van der Waals surface area contributed by atoms with E-state index in [2.05, 4.69) is 17.4 Å². The van der Waals surface area contributed by atoms with Crippen LogP contribution in [-0.4, -0.2) is 41.6 Å². The molecule has 2 amide bonds. The van der Waals surface area contributed by atoms with E-state index in [4.69, 9.17) is 0 Å². The maximum absolute atomic E-state index is 13.2. The van der Waals surface area contributed by atoms with Gasteiger partial charge in [-0.25, -0.2) is 0 Å². The Kier molecular flexibility index (Phi) is 6.30. The number of carbonyl (C=O) groups excluding carboxylic acids is 3. The van der Waals surface area contributed by atoms with Crippen molar-refractivity contribution in [1.82, 2.24) is 10.2 Å². The lowest BCUT2D eigenvalue weighted by molar-refractivity contribution is -0.142. The molecule has 1 aromatic rings. The van der Waals surface area contributed by atoms with Crippen LogP contribution in [0.2, 0.25) is 0 Å². The topological polar surface area (TPSA) is 66.5 Å². The van der Waals surface area contributed by atoms with Crippen molar-refractivity contribution in [3.05, 3.63) is 35.4 Å². The van der Waals surface area contributed by atoms with Crippen molar-refractivity contribution in [1.29, 1.82) is 0 Å². The van der Waals surface area contributed by atoms with Gasteiger partial charge >= 0.3 is 0 Å². The molecular formula is C22H30N2O3. The monoisotopic (exact) mass is 370 g/mol. The van der Waals surface area contributed by atoms with Gasteiger partial charge in [0.15, 0.2) is 0 Å². The van der Waals surface area contributed by atoms with Crippen LogP contribution in [0.3, 0.4) is 0 Å². The zero-order valence-corrected chi connectivity index (χ0v) is 16.3. The first kappa shape index (κ1) is 19.6. The molecule has 146 valence electrons. The molecule has 0 aromatic heterocycles. The third-order valence-electron chi connectivity index (χ3n) is 6.11. The number of fused-ring (bicyclic) bond motifs is 1. The normalized spacial score (nSPS) is 21.6. The molecule has 1 aliphatic carbocycles. The number of benzene rings is 1. The summed E-state index contributed by atoms with van der Waals surface area (Å²) in [5, 5.41) is 2.82. The molecule has 1 aromatic carbocycles. The Morgan fingerprint density at radius 1 is 1.26 bits per heavy atom. The van der Waals surface area contributed by atoms with Crippen LogP contribution in [-0.2, 0) is 27.2 Å². The predicted octanol–water partition coefficient (Wildman–Crippen LogP) is 2.51. The van der Waals surface area contributed by atoms with Gasteiger partial charge in [0.1, 0.15) is 12.3 Å². The van der Waals surface area contributed by atoms with Gasteiger partial charge < -0.3 is 15.0 Å². The van der Waals surface area contributed by atoms with E-state index in [1.165, 1.54) is 11.1 Å². The average Bonchev–Trinajstić information content (AvgIpc) is 3.33. The van der Waals surface area contributed by atoms with Crippen LogP contribution >= 0.6 is 0 Å². The van der Waals surface area contributed by atoms with E-state index < -0.39 is 12.1 Å². The molecule has 27 heavy (non-hydrogen) atoms. The van der Waals surface area contributed by atoms with E-state index in [-0.39, 0.29) is 17.7 Å². The third kappa shape index (κ3) is 4.23. The highest BCUT2D eigenvalue weighted by Gasteiger charge is 2.39. The summed E-state index contributed by atoms with van der Waals surface area (Å²) in [7, 11) is 0. The Hall–Kier alpha value is -2.17. The highest BCUT2D eigenvalue weighted by molar-refractivity contribution is 5.90. The smallest absolute Gasteiger partial charge is 0.243 e. The minimum absolute atomic E-state index is 0.0728. The molecule has 1 aliphatic heterocycles. The molecule has 1 N–H and O–H groups in total. The molecule has 5 nitrogen and oxygen atoms in total. The second-order valence-corrected chi connectivity index (χ2v) is 7.96. The second kappa shape index (κ2) is 8.68. The molecule has 2 aliphatic rings. The van der Waals surface area contributed by atoms with Gasteiger partial charge in [-0.3, -0.25) is 9.59 Å². The lowest BCUT2D eigenvalue weighted by Gasteiger charge is -2.29. The van der Waals surface area contributed by atoms with Crippen molar-refractivity contribution >= 4 is 18.1 Å². The fourth-order valence-corrected chi connectivity index (χ4v) is 4.48. The largest absolute Gasteiger partial charge is 0.345 e. The molecule has 0 saturated carbocycles. The molecule has 0 spiro atoms. The summed E-state index contributed by atoms with van der Waals surface area (Å²) >= 11 is 0. The molecule has 1 fully saturated rings. The van der Waals surface area contributed by atoms with Crippen LogP contribution in [0, 0.1) is 11.8 Å². The zero-order valence-electron chi connectivity index (χ0n) is 16.3. The summed E-state index contributed by atoms with van der Waals surface area (Å²) in [5.41, 5.74) is 2.68. The lowest BCUT2D eigenvalue weighted by Crippen LogP contribution is -2.51. The summed E-state index contributed by atoms with van der Waals surface area (Å²) in [6.07, 6.45) is 5.62. The first-order valence-electron chi connectivity index (χ1n) is 10.2. The number of carbonyl (C=O) groups is 3. The standard InChI is InChI=1S/C22H30N2O3/c1-3-7-19(14-25)23-21(26)20-10-6-11-24(20)22(27)15(2)18-12-16-8-4-5-9-17(16)13-18/h4-5,8-9,14-15,18-20H,3,6-7,10-13H2,1-2H3,(H,23,26). The summed E-state index contributed by atoms with van der Waals surface area (Å²) in [6.45, 7) is 4.60. The third-order valence-corrected chi connectivity index (χ3v) is 6.11. The average molecular weight is 370 g/mol. The van der Waals surface area contributed by atoms with Crippen molar-refractivity contribution in [3.63, 3.8) is 0 Å². The van der Waals surface area contributed by atoms with E-state index in [0.29, 0.717) is 25.3 Å². The number of nitrogens with zero attached hydrogens (tertiary/aromatic N) is 1. The summed E-state index contributed by atoms with van der Waals surface area (Å²) in [6, 6.07) is 7.49. The van der Waals surface area contributed by atoms with E-state index in [1.54, 1.807) is 4.90 Å². The summed E-state index contributed by atoms with van der Waals surface area (Å²) in [4.78, 5) is 38.7. The fourth-order valence-electron chi connectivity index (χ4n) is 4.48. The minimum atomic E-state index is -0.457. The SMILES string of the molecule is CCCC(C=O)NC(=O)C1CCCN1C(=O)C(C)C1Cc2ccccc2C1. The van der Waals surface area contributed by atoms with E-state index in [1.807, 2.05) is 26.0 Å². The minimum Gasteiger partial charge on any atom is -0.345 e. The van der Waals surface area contributed by atoms with Crippen LogP contribution < -0.4 is 5.32 Å². The van der Waals surface area contributed by atoms with Gasteiger partial charge in [-0.05, 0) is 49.1 Å². The van der Waals surface area contributed by atoms with Crippen LogP contribution in [0.5, 0.6) is 0 Å². The number of likely N-dealkylation sites (tertiary alicyclic amines) is 1. The van der Waals surface area contributed by atoms with E-state index in [0.717, 1.165) is 32.0 Å². The molecular weight excluding hydrogens is 340 g/mol.